The van der Waals surface area contributed by atoms with Gasteiger partial charge in [-0.2, -0.15) is 0 Å². The third kappa shape index (κ3) is 4.93. The lowest BCUT2D eigenvalue weighted by Gasteiger charge is -2.20. The molecule has 0 bridgehead atoms. The van der Waals surface area contributed by atoms with Crippen LogP contribution in [0.25, 0.3) is 10.8 Å². The van der Waals surface area contributed by atoms with Gasteiger partial charge in [0.05, 0.1) is 17.6 Å². The van der Waals surface area contributed by atoms with E-state index in [2.05, 4.69) is 10.0 Å². The number of benzene rings is 3. The normalized spacial score (nSPS) is 12.0. The zero-order valence-corrected chi connectivity index (χ0v) is 17.6. The number of carbonyl (C=O) groups excluding carboxylic acids is 1. The number of hydrogen-bond acceptors (Lipinski definition) is 4. The largest absolute Gasteiger partial charge is 0.496 e. The fraction of sp³-hybridized carbons (Fsp3) is 0.227. The summed E-state index contributed by atoms with van der Waals surface area (Å²) < 4.78 is 33.1. The van der Waals surface area contributed by atoms with E-state index in [-0.39, 0.29) is 10.8 Å². The summed E-state index contributed by atoms with van der Waals surface area (Å²) >= 11 is 0. The summed E-state index contributed by atoms with van der Waals surface area (Å²) in [6, 6.07) is 17.4. The van der Waals surface area contributed by atoms with E-state index in [1.807, 2.05) is 24.3 Å². The minimum Gasteiger partial charge on any atom is -0.496 e. The van der Waals surface area contributed by atoms with Crippen molar-refractivity contribution < 1.29 is 17.9 Å². The van der Waals surface area contributed by atoms with Gasteiger partial charge in [-0.15, -0.1) is 0 Å². The molecule has 0 aliphatic carbocycles. The van der Waals surface area contributed by atoms with Gasteiger partial charge in [0.1, 0.15) is 5.75 Å². The molecule has 6 nitrogen and oxygen atoms in total. The molecule has 0 aliphatic rings. The molecule has 0 saturated carbocycles. The maximum absolute atomic E-state index is 12.9. The maximum Gasteiger partial charge on any atom is 0.259 e. The standard InChI is InChI=1S/C22H24N2O4S/c1-22(2,3)24-29(26,27)18-11-7-10-17(14-18)23-21(25)19-12-15-8-5-6-9-16(15)13-20(19)28-4/h5-14,24H,1-4H3,(H,23,25). The molecule has 0 aliphatic heterocycles. The molecule has 0 unspecified atom stereocenters. The van der Waals surface area contributed by atoms with Gasteiger partial charge in [-0.3, -0.25) is 4.79 Å². The average molecular weight is 413 g/mol. The third-order valence-corrected chi connectivity index (χ3v) is 5.91. The second-order valence-electron chi connectivity index (χ2n) is 7.74. The van der Waals surface area contributed by atoms with Gasteiger partial charge in [0.25, 0.3) is 5.91 Å². The predicted molar refractivity (Wildman–Crippen MR) is 115 cm³/mol. The number of ether oxygens (including phenoxy) is 1. The van der Waals surface area contributed by atoms with Crippen molar-refractivity contribution in [3.05, 3.63) is 66.2 Å². The van der Waals surface area contributed by atoms with Crippen molar-refractivity contribution in [2.75, 3.05) is 12.4 Å². The van der Waals surface area contributed by atoms with Gasteiger partial charge in [-0.05, 0) is 61.9 Å². The Morgan fingerprint density at radius 1 is 0.931 bits per heavy atom. The molecule has 29 heavy (non-hydrogen) atoms. The smallest absolute Gasteiger partial charge is 0.259 e. The lowest BCUT2D eigenvalue weighted by molar-refractivity contribution is 0.102. The van der Waals surface area contributed by atoms with E-state index >= 15 is 0 Å². The van der Waals surface area contributed by atoms with E-state index in [1.165, 1.54) is 19.2 Å². The third-order valence-electron chi connectivity index (χ3n) is 4.16. The lowest BCUT2D eigenvalue weighted by Crippen LogP contribution is -2.40. The van der Waals surface area contributed by atoms with Crippen molar-refractivity contribution >= 4 is 32.4 Å². The highest BCUT2D eigenvalue weighted by atomic mass is 32.2. The van der Waals surface area contributed by atoms with Crippen LogP contribution in [-0.4, -0.2) is 27.0 Å². The van der Waals surface area contributed by atoms with E-state index < -0.39 is 15.6 Å². The molecular weight excluding hydrogens is 388 g/mol. The summed E-state index contributed by atoms with van der Waals surface area (Å²) in [6.45, 7) is 5.30. The molecule has 0 atom stereocenters. The fourth-order valence-electron chi connectivity index (χ4n) is 2.97. The zero-order valence-electron chi connectivity index (χ0n) is 16.8. The number of methoxy groups -OCH3 is 1. The van der Waals surface area contributed by atoms with Crippen LogP contribution in [0.1, 0.15) is 31.1 Å². The molecule has 3 aromatic carbocycles. The SMILES string of the molecule is COc1cc2ccccc2cc1C(=O)Nc1cccc(S(=O)(=O)NC(C)(C)C)c1. The average Bonchev–Trinajstić information content (AvgIpc) is 2.65. The number of fused-ring (bicyclic) bond motifs is 1. The van der Waals surface area contributed by atoms with Crippen LogP contribution in [0.4, 0.5) is 5.69 Å². The van der Waals surface area contributed by atoms with Crippen LogP contribution in [0.2, 0.25) is 0 Å². The molecule has 2 N–H and O–H groups in total. The number of hydrogen-bond donors (Lipinski definition) is 2. The summed E-state index contributed by atoms with van der Waals surface area (Å²) in [5.74, 6) is 0.0605. The van der Waals surface area contributed by atoms with Crippen LogP contribution >= 0.6 is 0 Å². The quantitative estimate of drug-likeness (QED) is 0.658. The fourth-order valence-corrected chi connectivity index (χ4v) is 4.43. The first-order chi connectivity index (χ1) is 13.6. The van der Waals surface area contributed by atoms with Crippen LogP contribution in [-0.2, 0) is 10.0 Å². The van der Waals surface area contributed by atoms with E-state index in [9.17, 15) is 13.2 Å². The monoisotopic (exact) mass is 412 g/mol. The van der Waals surface area contributed by atoms with Crippen LogP contribution in [0.3, 0.4) is 0 Å². The van der Waals surface area contributed by atoms with Crippen LogP contribution in [0, 0.1) is 0 Å². The molecule has 0 spiro atoms. The molecule has 0 saturated heterocycles. The molecule has 7 heteroatoms. The van der Waals surface area contributed by atoms with Gasteiger partial charge in [0.2, 0.25) is 10.0 Å². The molecule has 152 valence electrons. The topological polar surface area (TPSA) is 84.5 Å². The van der Waals surface area contributed by atoms with Crippen LogP contribution in [0.5, 0.6) is 5.75 Å². The number of carbonyl (C=O) groups is 1. The summed E-state index contributed by atoms with van der Waals surface area (Å²) in [7, 11) is -2.20. The minimum atomic E-state index is -3.71. The highest BCUT2D eigenvalue weighted by Gasteiger charge is 2.22. The second kappa shape index (κ2) is 7.85. The molecule has 0 radical (unpaired) electrons. The molecule has 0 aromatic heterocycles. The Morgan fingerprint density at radius 2 is 1.59 bits per heavy atom. The zero-order chi connectivity index (χ0) is 21.2. The number of sulfonamides is 1. The first-order valence-corrected chi connectivity index (χ1v) is 10.6. The van der Waals surface area contributed by atoms with Gasteiger partial charge in [0, 0.05) is 11.2 Å². The molecule has 3 aromatic rings. The Balaban J connectivity index is 1.91. The lowest BCUT2D eigenvalue weighted by atomic mass is 10.1. The van der Waals surface area contributed by atoms with Crippen molar-refractivity contribution in [3.63, 3.8) is 0 Å². The van der Waals surface area contributed by atoms with Gasteiger partial charge in [-0.25, -0.2) is 13.1 Å². The Morgan fingerprint density at radius 3 is 2.21 bits per heavy atom. The van der Waals surface area contributed by atoms with E-state index in [0.717, 1.165) is 10.8 Å². The molecule has 1 amide bonds. The Bertz CT molecular complexity index is 1160. The highest BCUT2D eigenvalue weighted by molar-refractivity contribution is 7.89. The summed E-state index contributed by atoms with van der Waals surface area (Å²) in [5, 5.41) is 4.63. The molecule has 0 fully saturated rings. The number of nitrogens with one attached hydrogen (secondary N) is 2. The second-order valence-corrected chi connectivity index (χ2v) is 9.42. The van der Waals surface area contributed by atoms with Gasteiger partial charge in [0.15, 0.2) is 0 Å². The number of amides is 1. The predicted octanol–water partition coefficient (Wildman–Crippen LogP) is 4.18. The first kappa shape index (κ1) is 20.8. The highest BCUT2D eigenvalue weighted by Crippen LogP contribution is 2.27. The molecule has 0 heterocycles. The Kier molecular flexibility index (Phi) is 5.64. The summed E-state index contributed by atoms with van der Waals surface area (Å²) in [5.41, 5.74) is 0.130. The van der Waals surface area contributed by atoms with Crippen molar-refractivity contribution in [1.29, 1.82) is 0 Å². The Hall–Kier alpha value is -2.90. The van der Waals surface area contributed by atoms with E-state index in [1.54, 1.807) is 45.0 Å². The van der Waals surface area contributed by atoms with Gasteiger partial charge >= 0.3 is 0 Å². The minimum absolute atomic E-state index is 0.0794. The molecular formula is C22H24N2O4S. The van der Waals surface area contributed by atoms with Crippen molar-refractivity contribution in [3.8, 4) is 5.75 Å². The van der Waals surface area contributed by atoms with E-state index in [0.29, 0.717) is 17.0 Å². The van der Waals surface area contributed by atoms with Crippen molar-refractivity contribution in [1.82, 2.24) is 4.72 Å². The molecule has 3 rings (SSSR count). The number of rotatable bonds is 5. The van der Waals surface area contributed by atoms with Gasteiger partial charge < -0.3 is 10.1 Å². The van der Waals surface area contributed by atoms with Gasteiger partial charge in [-0.1, -0.05) is 30.3 Å². The van der Waals surface area contributed by atoms with E-state index in [4.69, 9.17) is 4.74 Å². The summed E-state index contributed by atoms with van der Waals surface area (Å²) in [4.78, 5) is 13.0. The van der Waals surface area contributed by atoms with Crippen LogP contribution < -0.4 is 14.8 Å². The van der Waals surface area contributed by atoms with Crippen molar-refractivity contribution in [2.45, 2.75) is 31.2 Å². The maximum atomic E-state index is 12.9. The Labute approximate surface area is 170 Å². The summed E-state index contributed by atoms with van der Waals surface area (Å²) in [6.07, 6.45) is 0. The number of anilines is 1. The van der Waals surface area contributed by atoms with Crippen molar-refractivity contribution in [2.24, 2.45) is 0 Å². The first-order valence-electron chi connectivity index (χ1n) is 9.11. The van der Waals surface area contributed by atoms with Crippen LogP contribution in [0.15, 0.2) is 65.6 Å².